The van der Waals surface area contributed by atoms with E-state index in [0.717, 1.165) is 17.1 Å². The number of hydrogen-bond donors (Lipinski definition) is 1. The van der Waals surface area contributed by atoms with Crippen LogP contribution in [-0.4, -0.2) is 59.2 Å². The normalized spacial score (nSPS) is 12.9. The highest BCUT2D eigenvalue weighted by Gasteiger charge is 2.26. The molecule has 0 aromatic carbocycles. The molecular formula is C21H25N9O2S2. The second-order valence-electron chi connectivity index (χ2n) is 7.55. The van der Waals surface area contributed by atoms with Crippen LogP contribution in [0.5, 0.6) is 11.8 Å². The van der Waals surface area contributed by atoms with Gasteiger partial charge in [0.15, 0.2) is 16.5 Å². The van der Waals surface area contributed by atoms with Gasteiger partial charge in [0, 0.05) is 34.6 Å². The summed E-state index contributed by atoms with van der Waals surface area (Å²) in [6, 6.07) is 0. The molecule has 13 heteroatoms. The number of aryl methyl sites for hydroxylation is 2. The van der Waals surface area contributed by atoms with Gasteiger partial charge >= 0.3 is 0 Å². The summed E-state index contributed by atoms with van der Waals surface area (Å²) in [7, 11) is 3.08. The van der Waals surface area contributed by atoms with Gasteiger partial charge in [-0.3, -0.25) is 4.72 Å². The zero-order chi connectivity index (χ0) is 24.2. The molecular weight excluding hydrogens is 474 g/mol. The fourth-order valence-corrected chi connectivity index (χ4v) is 4.61. The third-order valence-electron chi connectivity index (χ3n) is 5.09. The first-order chi connectivity index (χ1) is 16.4. The van der Waals surface area contributed by atoms with Crippen LogP contribution in [0.15, 0.2) is 24.1 Å². The number of hydrogen-bond acceptors (Lipinski definition) is 12. The van der Waals surface area contributed by atoms with E-state index in [0.29, 0.717) is 34.2 Å². The molecule has 0 radical (unpaired) electrons. The van der Waals surface area contributed by atoms with Gasteiger partial charge in [-0.25, -0.2) is 19.5 Å². The van der Waals surface area contributed by atoms with Gasteiger partial charge in [0.2, 0.25) is 17.7 Å². The smallest absolute Gasteiger partial charge is 0.245 e. The summed E-state index contributed by atoms with van der Waals surface area (Å²) < 4.78 is 16.1. The van der Waals surface area contributed by atoms with Gasteiger partial charge in [-0.05, 0) is 31.4 Å². The first kappa shape index (κ1) is 23.8. The molecule has 4 aromatic rings. The molecule has 0 bridgehead atoms. The first-order valence-electron chi connectivity index (χ1n) is 10.4. The van der Waals surface area contributed by atoms with Crippen LogP contribution in [0.25, 0.3) is 16.5 Å². The molecule has 0 fully saturated rings. The van der Waals surface area contributed by atoms with Gasteiger partial charge in [-0.2, -0.15) is 9.97 Å². The van der Waals surface area contributed by atoms with Gasteiger partial charge in [0.1, 0.15) is 12.2 Å². The van der Waals surface area contributed by atoms with Crippen LogP contribution in [0, 0.1) is 13.8 Å². The van der Waals surface area contributed by atoms with E-state index in [9.17, 15) is 0 Å². The average Bonchev–Trinajstić information content (AvgIpc) is 3.47. The quantitative estimate of drug-likeness (QED) is 0.337. The van der Waals surface area contributed by atoms with Crippen molar-refractivity contribution in [2.45, 2.75) is 38.9 Å². The molecule has 4 heterocycles. The minimum Gasteiger partial charge on any atom is -0.479 e. The third-order valence-corrected chi connectivity index (χ3v) is 7.12. The van der Waals surface area contributed by atoms with Crippen LogP contribution < -0.4 is 14.2 Å². The lowest BCUT2D eigenvalue weighted by molar-refractivity contribution is 0.368. The molecule has 0 amide bonds. The SMILES string of the molecule is COc1ncnc(OC)c1-n1c(NSC(C)C(C)c2ncc(C)cn2)nnc1-c1nc(C)cs1. The van der Waals surface area contributed by atoms with E-state index in [4.69, 9.17) is 9.47 Å². The molecule has 0 saturated heterocycles. The van der Waals surface area contributed by atoms with Crippen LogP contribution in [0.2, 0.25) is 0 Å². The van der Waals surface area contributed by atoms with Crippen molar-refractivity contribution in [1.29, 1.82) is 0 Å². The fourth-order valence-electron chi connectivity index (χ4n) is 3.09. The predicted octanol–water partition coefficient (Wildman–Crippen LogP) is 3.86. The topological polar surface area (TPSA) is 126 Å². The lowest BCUT2D eigenvalue weighted by atomic mass is 10.1. The zero-order valence-corrected chi connectivity index (χ0v) is 21.3. The van der Waals surface area contributed by atoms with Crippen molar-refractivity contribution in [1.82, 2.24) is 39.7 Å². The lowest BCUT2D eigenvalue weighted by Crippen LogP contribution is -2.15. The van der Waals surface area contributed by atoms with Crippen LogP contribution in [0.3, 0.4) is 0 Å². The Kier molecular flexibility index (Phi) is 7.22. The maximum absolute atomic E-state index is 5.52. The van der Waals surface area contributed by atoms with Crippen molar-refractivity contribution in [3.8, 4) is 28.3 Å². The number of nitrogens with one attached hydrogen (secondary N) is 1. The Morgan fingerprint density at radius 2 is 1.68 bits per heavy atom. The van der Waals surface area contributed by atoms with Crippen LogP contribution >= 0.6 is 23.3 Å². The van der Waals surface area contributed by atoms with Crippen molar-refractivity contribution in [3.05, 3.63) is 41.2 Å². The van der Waals surface area contributed by atoms with Crippen molar-refractivity contribution in [2.75, 3.05) is 18.9 Å². The number of anilines is 1. The average molecular weight is 500 g/mol. The minimum absolute atomic E-state index is 0.0969. The van der Waals surface area contributed by atoms with Gasteiger partial charge < -0.3 is 9.47 Å². The highest BCUT2D eigenvalue weighted by molar-refractivity contribution is 8.01. The predicted molar refractivity (Wildman–Crippen MR) is 132 cm³/mol. The van der Waals surface area contributed by atoms with E-state index < -0.39 is 0 Å². The molecule has 1 N–H and O–H groups in total. The summed E-state index contributed by atoms with van der Waals surface area (Å²) >= 11 is 2.96. The molecule has 2 unspecified atom stereocenters. The summed E-state index contributed by atoms with van der Waals surface area (Å²) in [6.45, 7) is 8.09. The minimum atomic E-state index is 0.0969. The molecule has 0 aliphatic heterocycles. The van der Waals surface area contributed by atoms with E-state index in [-0.39, 0.29) is 11.2 Å². The van der Waals surface area contributed by atoms with Crippen LogP contribution in [0.4, 0.5) is 5.95 Å². The number of rotatable bonds is 9. The molecule has 11 nitrogen and oxygen atoms in total. The van der Waals surface area contributed by atoms with E-state index in [2.05, 4.69) is 53.7 Å². The highest BCUT2D eigenvalue weighted by atomic mass is 32.2. The number of ether oxygens (including phenoxy) is 2. The van der Waals surface area contributed by atoms with Crippen molar-refractivity contribution >= 4 is 29.2 Å². The van der Waals surface area contributed by atoms with Crippen molar-refractivity contribution in [2.24, 2.45) is 0 Å². The monoisotopic (exact) mass is 499 g/mol. The molecule has 178 valence electrons. The molecule has 34 heavy (non-hydrogen) atoms. The van der Waals surface area contributed by atoms with Gasteiger partial charge in [0.25, 0.3) is 0 Å². The lowest BCUT2D eigenvalue weighted by Gasteiger charge is -2.19. The number of aromatic nitrogens is 8. The number of thiazole rings is 1. The summed E-state index contributed by atoms with van der Waals surface area (Å²) in [5.41, 5.74) is 2.40. The Bertz CT molecular complexity index is 1240. The van der Waals surface area contributed by atoms with E-state index in [1.54, 1.807) is 4.57 Å². The molecule has 0 saturated carbocycles. The first-order valence-corrected chi connectivity index (χ1v) is 12.2. The van der Waals surface area contributed by atoms with Gasteiger partial charge in [-0.15, -0.1) is 21.5 Å². The maximum atomic E-state index is 5.52. The molecule has 0 aliphatic rings. The van der Waals surface area contributed by atoms with E-state index >= 15 is 0 Å². The standard InChI is InChI=1S/C21H25N9O2S2/c1-11-7-22-16(23-8-11)13(3)14(4)34-29-21-28-27-17(20-26-12(2)9-33-20)30(21)15-18(31-5)24-10-25-19(15)32-6/h7-10,13-14H,1-6H3,(H,28,29). The third kappa shape index (κ3) is 4.80. The summed E-state index contributed by atoms with van der Waals surface area (Å²) in [6.07, 6.45) is 5.04. The van der Waals surface area contributed by atoms with Crippen LogP contribution in [0.1, 0.15) is 36.8 Å². The Hall–Kier alpha value is -3.32. The Balaban J connectivity index is 1.70. The summed E-state index contributed by atoms with van der Waals surface area (Å²) in [5, 5.41) is 11.6. The van der Waals surface area contributed by atoms with Crippen LogP contribution in [-0.2, 0) is 0 Å². The summed E-state index contributed by atoms with van der Waals surface area (Å²) in [5.74, 6) is 2.51. The Labute approximate surface area is 205 Å². The second kappa shape index (κ2) is 10.3. The Morgan fingerprint density at radius 1 is 1.00 bits per heavy atom. The van der Waals surface area contributed by atoms with Crippen molar-refractivity contribution < 1.29 is 9.47 Å². The van der Waals surface area contributed by atoms with Crippen molar-refractivity contribution in [3.63, 3.8) is 0 Å². The summed E-state index contributed by atoms with van der Waals surface area (Å²) in [4.78, 5) is 22.0. The maximum Gasteiger partial charge on any atom is 0.245 e. The fraction of sp³-hybridized carbons (Fsp3) is 0.381. The van der Waals surface area contributed by atoms with E-state index in [1.807, 2.05) is 31.6 Å². The second-order valence-corrected chi connectivity index (χ2v) is 9.59. The van der Waals surface area contributed by atoms with Gasteiger partial charge in [0.05, 0.1) is 14.2 Å². The molecule has 0 spiro atoms. The number of nitrogens with zero attached hydrogens (tertiary/aromatic N) is 8. The van der Waals surface area contributed by atoms with Gasteiger partial charge in [-0.1, -0.05) is 13.8 Å². The molecule has 2 atom stereocenters. The highest BCUT2D eigenvalue weighted by Crippen LogP contribution is 2.37. The molecule has 4 rings (SSSR count). The number of methoxy groups -OCH3 is 2. The Morgan fingerprint density at radius 3 is 2.26 bits per heavy atom. The van der Waals surface area contributed by atoms with E-state index in [1.165, 1.54) is 43.8 Å². The largest absolute Gasteiger partial charge is 0.479 e. The zero-order valence-electron chi connectivity index (χ0n) is 19.7. The molecule has 4 aromatic heterocycles. The molecule has 0 aliphatic carbocycles.